The van der Waals surface area contributed by atoms with Crippen LogP contribution in [0.25, 0.3) is 0 Å². The second-order valence-corrected chi connectivity index (χ2v) is 6.42. The maximum atomic E-state index is 5.24. The Kier molecular flexibility index (Phi) is 9.48. The van der Waals surface area contributed by atoms with Gasteiger partial charge in [0.2, 0.25) is 0 Å². The topological polar surface area (TPSA) is 24.5 Å². The smallest absolute Gasteiger partial charge is 0.0503 e. The van der Waals surface area contributed by atoms with E-state index in [4.69, 9.17) is 4.74 Å². The fraction of sp³-hybridized carbons (Fsp3) is 1.00. The molecule has 1 aliphatic heterocycles. The van der Waals surface area contributed by atoms with Crippen molar-refractivity contribution < 1.29 is 4.74 Å². The summed E-state index contributed by atoms with van der Waals surface area (Å²) < 4.78 is 5.24. The minimum Gasteiger partial charge on any atom is -0.384 e. The minimum atomic E-state index is 0.773. The van der Waals surface area contributed by atoms with Gasteiger partial charge in [0.05, 0.1) is 6.61 Å². The Morgan fingerprint density at radius 2 is 2.00 bits per heavy atom. The highest BCUT2D eigenvalue weighted by molar-refractivity contribution is 4.74. The molecule has 1 heterocycles. The van der Waals surface area contributed by atoms with Crippen LogP contribution in [-0.4, -0.2) is 51.3 Å². The van der Waals surface area contributed by atoms with Crippen LogP contribution in [0.2, 0.25) is 0 Å². The van der Waals surface area contributed by atoms with Crippen molar-refractivity contribution >= 4 is 0 Å². The van der Waals surface area contributed by atoms with Crippen molar-refractivity contribution in [2.75, 3.05) is 46.4 Å². The van der Waals surface area contributed by atoms with Crippen LogP contribution >= 0.6 is 0 Å². The van der Waals surface area contributed by atoms with Gasteiger partial charge in [-0.1, -0.05) is 26.7 Å². The van der Waals surface area contributed by atoms with Crippen molar-refractivity contribution in [3.8, 4) is 0 Å². The third kappa shape index (κ3) is 8.61. The predicted molar refractivity (Wildman–Crippen MR) is 82.6 cm³/mol. The average Bonchev–Trinajstić information content (AvgIpc) is 2.80. The summed E-state index contributed by atoms with van der Waals surface area (Å²) in [6, 6.07) is 0. The molecule has 0 saturated carbocycles. The quantitative estimate of drug-likeness (QED) is 0.584. The minimum absolute atomic E-state index is 0.773. The Balaban J connectivity index is 1.84. The van der Waals surface area contributed by atoms with Crippen LogP contribution < -0.4 is 5.32 Å². The molecule has 1 saturated heterocycles. The Morgan fingerprint density at radius 1 is 1.21 bits per heavy atom. The highest BCUT2D eigenvalue weighted by atomic mass is 16.5. The molecular formula is C16H34N2O. The van der Waals surface area contributed by atoms with Crippen molar-refractivity contribution in [2.24, 2.45) is 11.8 Å². The maximum Gasteiger partial charge on any atom is 0.0503 e. The lowest BCUT2D eigenvalue weighted by atomic mass is 10.1. The Morgan fingerprint density at radius 3 is 2.74 bits per heavy atom. The molecular weight excluding hydrogens is 236 g/mol. The molecule has 3 heteroatoms. The number of likely N-dealkylation sites (tertiary alicyclic amines) is 1. The molecule has 1 atom stereocenters. The number of methoxy groups -OCH3 is 1. The highest BCUT2D eigenvalue weighted by Crippen LogP contribution is 2.16. The summed E-state index contributed by atoms with van der Waals surface area (Å²) in [5.41, 5.74) is 0. The zero-order chi connectivity index (χ0) is 13.9. The number of rotatable bonds is 11. The summed E-state index contributed by atoms with van der Waals surface area (Å²) >= 11 is 0. The van der Waals surface area contributed by atoms with Crippen LogP contribution in [0.5, 0.6) is 0 Å². The Hall–Kier alpha value is -0.120. The van der Waals surface area contributed by atoms with Crippen molar-refractivity contribution in [3.05, 3.63) is 0 Å². The number of ether oxygens (including phenoxy) is 1. The molecule has 0 aromatic heterocycles. The van der Waals surface area contributed by atoms with Gasteiger partial charge in [0.1, 0.15) is 0 Å². The molecule has 1 aliphatic rings. The van der Waals surface area contributed by atoms with E-state index < -0.39 is 0 Å². The molecule has 0 amide bonds. The van der Waals surface area contributed by atoms with E-state index in [9.17, 15) is 0 Å². The van der Waals surface area contributed by atoms with Crippen molar-refractivity contribution in [1.82, 2.24) is 10.2 Å². The Bertz CT molecular complexity index is 209. The van der Waals surface area contributed by atoms with Crippen LogP contribution in [0.1, 0.15) is 46.0 Å². The van der Waals surface area contributed by atoms with Gasteiger partial charge >= 0.3 is 0 Å². The van der Waals surface area contributed by atoms with Crippen LogP contribution in [0.4, 0.5) is 0 Å². The van der Waals surface area contributed by atoms with Gasteiger partial charge in [-0.25, -0.2) is 0 Å². The third-order valence-corrected chi connectivity index (χ3v) is 3.90. The largest absolute Gasteiger partial charge is 0.384 e. The standard InChI is InChI=1S/C16H34N2O/c1-15(2)12-17-9-6-4-5-7-10-18-11-8-16(13-18)14-19-3/h15-17H,4-14H2,1-3H3. The van der Waals surface area contributed by atoms with Crippen LogP contribution in [0.15, 0.2) is 0 Å². The van der Waals surface area contributed by atoms with Crippen molar-refractivity contribution in [3.63, 3.8) is 0 Å². The van der Waals surface area contributed by atoms with E-state index in [1.54, 1.807) is 0 Å². The molecule has 0 spiro atoms. The van der Waals surface area contributed by atoms with Crippen LogP contribution in [0.3, 0.4) is 0 Å². The molecule has 1 fully saturated rings. The van der Waals surface area contributed by atoms with Crippen LogP contribution in [0, 0.1) is 11.8 Å². The van der Waals surface area contributed by atoms with Crippen molar-refractivity contribution in [1.29, 1.82) is 0 Å². The van der Waals surface area contributed by atoms with Gasteiger partial charge in [-0.2, -0.15) is 0 Å². The summed E-state index contributed by atoms with van der Waals surface area (Å²) in [6.07, 6.45) is 6.78. The van der Waals surface area contributed by atoms with E-state index in [1.807, 2.05) is 7.11 Å². The van der Waals surface area contributed by atoms with Crippen molar-refractivity contribution in [2.45, 2.75) is 46.0 Å². The first-order chi connectivity index (χ1) is 9.22. The number of nitrogens with zero attached hydrogens (tertiary/aromatic N) is 1. The summed E-state index contributed by atoms with van der Waals surface area (Å²) in [4.78, 5) is 2.61. The molecule has 0 aromatic rings. The summed E-state index contributed by atoms with van der Waals surface area (Å²) in [5, 5.41) is 3.51. The number of hydrogen-bond donors (Lipinski definition) is 1. The maximum absolute atomic E-state index is 5.24. The lowest BCUT2D eigenvalue weighted by Gasteiger charge is -2.15. The van der Waals surface area contributed by atoms with Gasteiger partial charge in [0.25, 0.3) is 0 Å². The molecule has 19 heavy (non-hydrogen) atoms. The molecule has 1 unspecified atom stereocenters. The normalized spacial score (nSPS) is 20.5. The monoisotopic (exact) mass is 270 g/mol. The van der Waals surface area contributed by atoms with Gasteiger partial charge in [0, 0.05) is 13.7 Å². The number of hydrogen-bond acceptors (Lipinski definition) is 3. The summed E-state index contributed by atoms with van der Waals surface area (Å²) in [6.45, 7) is 11.7. The predicted octanol–water partition coefficient (Wildman–Crippen LogP) is 2.76. The fourth-order valence-corrected chi connectivity index (χ4v) is 2.82. The van der Waals surface area contributed by atoms with Gasteiger partial charge < -0.3 is 15.0 Å². The second kappa shape index (κ2) is 10.6. The zero-order valence-electron chi connectivity index (χ0n) is 13.3. The number of unbranched alkanes of at least 4 members (excludes halogenated alkanes) is 3. The van der Waals surface area contributed by atoms with Gasteiger partial charge in [0.15, 0.2) is 0 Å². The third-order valence-electron chi connectivity index (χ3n) is 3.90. The van der Waals surface area contributed by atoms with E-state index in [0.29, 0.717) is 0 Å². The Labute approximate surface area is 120 Å². The number of nitrogens with one attached hydrogen (secondary N) is 1. The van der Waals surface area contributed by atoms with Crippen LogP contribution in [-0.2, 0) is 4.74 Å². The van der Waals surface area contributed by atoms with E-state index in [-0.39, 0.29) is 0 Å². The molecule has 0 bridgehead atoms. The summed E-state index contributed by atoms with van der Waals surface area (Å²) in [7, 11) is 1.82. The van der Waals surface area contributed by atoms with Gasteiger partial charge in [-0.05, 0) is 57.3 Å². The van der Waals surface area contributed by atoms with Gasteiger partial charge in [-0.3, -0.25) is 0 Å². The van der Waals surface area contributed by atoms with Gasteiger partial charge in [-0.15, -0.1) is 0 Å². The molecule has 0 radical (unpaired) electrons. The first kappa shape index (κ1) is 16.9. The lowest BCUT2D eigenvalue weighted by Crippen LogP contribution is -2.23. The average molecular weight is 270 g/mol. The first-order valence-electron chi connectivity index (χ1n) is 8.14. The van der Waals surface area contributed by atoms with E-state index in [0.717, 1.165) is 25.0 Å². The van der Waals surface area contributed by atoms with E-state index in [1.165, 1.54) is 58.3 Å². The molecule has 114 valence electrons. The SMILES string of the molecule is COCC1CCN(CCCCCCNCC(C)C)C1. The molecule has 3 nitrogen and oxygen atoms in total. The highest BCUT2D eigenvalue weighted by Gasteiger charge is 2.21. The zero-order valence-corrected chi connectivity index (χ0v) is 13.3. The summed E-state index contributed by atoms with van der Waals surface area (Å²) in [5.74, 6) is 1.56. The molecule has 0 aromatic carbocycles. The molecule has 0 aliphatic carbocycles. The molecule has 1 N–H and O–H groups in total. The van der Waals surface area contributed by atoms with E-state index >= 15 is 0 Å². The fourth-order valence-electron chi connectivity index (χ4n) is 2.82. The van der Waals surface area contributed by atoms with E-state index in [2.05, 4.69) is 24.1 Å². The first-order valence-corrected chi connectivity index (χ1v) is 8.14. The lowest BCUT2D eigenvalue weighted by molar-refractivity contribution is 0.153. The molecule has 1 rings (SSSR count). The second-order valence-electron chi connectivity index (χ2n) is 6.42.